The molecule has 12 nitrogen and oxygen atoms in total. The number of piperazine rings is 1. The Morgan fingerprint density at radius 2 is 1.59 bits per heavy atom. The lowest BCUT2D eigenvalue weighted by Crippen LogP contribution is -2.65. The normalized spacial score (nSPS) is 21.6. The van der Waals surface area contributed by atoms with Gasteiger partial charge in [0.2, 0.25) is 0 Å². The summed E-state index contributed by atoms with van der Waals surface area (Å²) in [7, 11) is -1.60. The van der Waals surface area contributed by atoms with E-state index in [-0.39, 0.29) is 52.8 Å². The van der Waals surface area contributed by atoms with Gasteiger partial charge in [-0.25, -0.2) is 9.18 Å². The predicted octanol–water partition coefficient (Wildman–Crippen LogP) is 9.81. The number of fused-ring (bicyclic) bond motifs is 5. The molecule has 0 spiro atoms. The van der Waals surface area contributed by atoms with E-state index < -0.39 is 19.7 Å². The third-order valence-corrected chi connectivity index (χ3v) is 20.6. The van der Waals surface area contributed by atoms with Gasteiger partial charge < -0.3 is 28.6 Å². The number of aryl methyl sites for hydroxylation is 1. The maximum Gasteiger partial charge on any atom is 0.410 e. The average Bonchev–Trinajstić information content (AvgIpc) is 4.03. The van der Waals surface area contributed by atoms with E-state index in [0.29, 0.717) is 48.3 Å². The van der Waals surface area contributed by atoms with Crippen LogP contribution in [0.2, 0.25) is 5.04 Å². The summed E-state index contributed by atoms with van der Waals surface area (Å²) in [4.78, 5) is 48.2. The summed E-state index contributed by atoms with van der Waals surface area (Å²) in [5, 5.41) is 3.99. The lowest BCUT2D eigenvalue weighted by atomic mass is 9.95. The van der Waals surface area contributed by atoms with Gasteiger partial charge in [0.1, 0.15) is 35.0 Å². The van der Waals surface area contributed by atoms with Crippen LogP contribution in [-0.2, 0) is 15.9 Å². The molecule has 4 aliphatic rings. The van der Waals surface area contributed by atoms with Crippen LogP contribution in [0.4, 0.5) is 15.0 Å². The number of rotatable bonds is 15. The van der Waals surface area contributed by atoms with E-state index >= 15 is 4.39 Å². The molecule has 1 N–H and O–H groups in total. The molecule has 6 aromatic rings. The van der Waals surface area contributed by atoms with E-state index in [1.165, 1.54) is 0 Å². The first kappa shape index (κ1) is 48.9. The molecule has 4 atom stereocenters. The Kier molecular flexibility index (Phi) is 13.4. The van der Waals surface area contributed by atoms with E-state index in [1.54, 1.807) is 13.3 Å². The molecule has 6 heterocycles. The van der Waals surface area contributed by atoms with Crippen LogP contribution in [0, 0.1) is 5.82 Å². The molecule has 4 fully saturated rings. The molecule has 0 saturated carbocycles. The zero-order chi connectivity index (χ0) is 49.7. The highest BCUT2D eigenvalue weighted by Gasteiger charge is 2.53. The number of methoxy groups -OCH3 is 1. The molecular weight excluding hydrogens is 912 g/mol. The maximum absolute atomic E-state index is 17.8. The number of carbonyl (C=O) groups is 1. The van der Waals surface area contributed by atoms with Crippen molar-refractivity contribution in [1.82, 2.24) is 24.8 Å². The number of nitrogens with zero attached hydrogens (tertiary/aromatic N) is 6. The quantitative estimate of drug-likeness (QED) is 0.0782. The van der Waals surface area contributed by atoms with Crippen LogP contribution in [0.3, 0.4) is 0 Å². The zero-order valence-electron chi connectivity index (χ0n) is 42.4. The van der Waals surface area contributed by atoms with Gasteiger partial charge in [0.15, 0.2) is 12.6 Å². The number of halogens is 1. The summed E-state index contributed by atoms with van der Waals surface area (Å²) in [6, 6.07) is 30.7. The molecule has 374 valence electrons. The number of aromatic nitrogens is 3. The van der Waals surface area contributed by atoms with Crippen molar-refractivity contribution in [2.24, 2.45) is 0 Å². The number of hydrogen-bond donors (Lipinski definition) is 1. The minimum Gasteiger partial charge on any atom is -0.468 e. The van der Waals surface area contributed by atoms with E-state index in [2.05, 4.69) is 60.9 Å². The van der Waals surface area contributed by atoms with Crippen molar-refractivity contribution in [3.63, 3.8) is 0 Å². The first-order valence-corrected chi connectivity index (χ1v) is 27.6. The Balaban J connectivity index is 0.976. The summed E-state index contributed by atoms with van der Waals surface area (Å²) < 4.78 is 41.7. The van der Waals surface area contributed by atoms with Crippen molar-refractivity contribution < 1.29 is 32.9 Å². The fourth-order valence-electron chi connectivity index (χ4n) is 12.5. The lowest BCUT2D eigenvalue weighted by molar-refractivity contribution is 0.0122. The summed E-state index contributed by atoms with van der Waals surface area (Å²) in [5.74, 6) is 0.514. The number of pyridine rings is 1. The van der Waals surface area contributed by atoms with E-state index in [1.807, 2.05) is 86.3 Å². The van der Waals surface area contributed by atoms with Gasteiger partial charge in [-0.05, 0) is 129 Å². The van der Waals surface area contributed by atoms with Gasteiger partial charge in [0, 0.05) is 38.0 Å². The monoisotopic (exact) mass is 981 g/mol. The second-order valence-corrected chi connectivity index (χ2v) is 25.9. The van der Waals surface area contributed by atoms with Crippen molar-refractivity contribution in [2.75, 3.05) is 45.0 Å². The number of benzene rings is 4. The van der Waals surface area contributed by atoms with Crippen LogP contribution in [0.5, 0.6) is 11.8 Å². The molecular formula is C57H69FN6O6Si. The van der Waals surface area contributed by atoms with Gasteiger partial charge in [-0.1, -0.05) is 99.6 Å². The first-order chi connectivity index (χ1) is 34.1. The van der Waals surface area contributed by atoms with E-state index in [9.17, 15) is 9.59 Å². The molecule has 4 saturated heterocycles. The number of anilines is 1. The van der Waals surface area contributed by atoms with Crippen molar-refractivity contribution >= 4 is 52.3 Å². The standard InChI is InChI=1S/C57H69FN6O6Si/c1-8-38-17-15-18-39-31-43(69-37-67-7)32-46(48(38)39)50-49(58)51-47(33-59-50)52(62-34-41-23-24-42(35-62)64(41)54(65)70-55(2,3)4)61-53(60-51)68-36-57-27-16-30-63(57)40(26-29-57)25-28-56(5,6)71(66,44-19-11-9-12-20-44)45-21-13-10-14-22-45/h9-15,17-22,31-33,40-42,66H,8,16,23-30,34-37H2,1-7H3/t40-,41?,42?,57+/m0/s1. The Labute approximate surface area is 418 Å². The van der Waals surface area contributed by atoms with Gasteiger partial charge >= 0.3 is 12.1 Å². The van der Waals surface area contributed by atoms with Crippen molar-refractivity contribution in [2.45, 2.75) is 134 Å². The second kappa shape index (κ2) is 19.4. The van der Waals surface area contributed by atoms with Gasteiger partial charge in [0.05, 0.1) is 23.0 Å². The van der Waals surface area contributed by atoms with Crippen molar-refractivity contribution in [1.29, 1.82) is 0 Å². The molecule has 0 radical (unpaired) electrons. The largest absolute Gasteiger partial charge is 0.468 e. The van der Waals surface area contributed by atoms with Crippen LogP contribution in [-0.4, -0.2) is 113 Å². The van der Waals surface area contributed by atoms with Crippen LogP contribution in [0.1, 0.15) is 98.5 Å². The molecule has 0 aliphatic carbocycles. The lowest BCUT2D eigenvalue weighted by Gasteiger charge is -2.42. The van der Waals surface area contributed by atoms with Crippen molar-refractivity contribution in [3.8, 4) is 23.0 Å². The maximum atomic E-state index is 17.8. The highest BCUT2D eigenvalue weighted by atomic mass is 28.4. The summed E-state index contributed by atoms with van der Waals surface area (Å²) >= 11 is 0. The highest BCUT2D eigenvalue weighted by molar-refractivity contribution is 6.98. The molecule has 10 rings (SSSR count). The topological polar surface area (TPSA) is 123 Å². The Morgan fingerprint density at radius 3 is 2.25 bits per heavy atom. The Hall–Kier alpha value is -5.67. The number of carbonyl (C=O) groups excluding carboxylic acids is 1. The van der Waals surface area contributed by atoms with E-state index in [4.69, 9.17) is 33.9 Å². The SMILES string of the molecule is CCc1cccc2cc(OCOC)cc(-c3ncc4c(N5CC6CCC(C5)N6C(=O)OC(C)(C)C)nc(OC[C@]56CCCN5[C@@H](CCC(C)(C)[Si](O)(c5ccccc5)c5ccccc5)CC6)nc4c3F)c12. The van der Waals surface area contributed by atoms with Crippen LogP contribution in [0.15, 0.2) is 97.2 Å². The fourth-order valence-corrected chi connectivity index (χ4v) is 16.3. The first-order valence-electron chi connectivity index (χ1n) is 25.7. The number of hydrogen-bond acceptors (Lipinski definition) is 11. The minimum absolute atomic E-state index is 0.0393. The third-order valence-electron chi connectivity index (χ3n) is 16.0. The van der Waals surface area contributed by atoms with E-state index in [0.717, 1.165) is 91.0 Å². The molecule has 71 heavy (non-hydrogen) atoms. The molecule has 2 unspecified atom stereocenters. The highest BCUT2D eigenvalue weighted by Crippen LogP contribution is 2.48. The zero-order valence-corrected chi connectivity index (χ0v) is 43.4. The molecule has 14 heteroatoms. The van der Waals surface area contributed by atoms with Gasteiger partial charge in [0.25, 0.3) is 8.32 Å². The molecule has 2 bridgehead atoms. The smallest absolute Gasteiger partial charge is 0.410 e. The molecule has 1 amide bonds. The second-order valence-electron chi connectivity index (χ2n) is 21.9. The summed E-state index contributed by atoms with van der Waals surface area (Å²) in [5.41, 5.74) is 1.11. The van der Waals surface area contributed by atoms with Crippen LogP contribution >= 0.6 is 0 Å². The summed E-state index contributed by atoms with van der Waals surface area (Å²) in [6.45, 7) is 14.6. The Bertz CT molecular complexity index is 2850. The summed E-state index contributed by atoms with van der Waals surface area (Å²) in [6.07, 6.45) is 9.61. The fraction of sp³-hybridized carbons (Fsp3) is 0.474. The number of amides is 1. The van der Waals surface area contributed by atoms with Gasteiger partial charge in [-0.2, -0.15) is 9.97 Å². The van der Waals surface area contributed by atoms with Crippen LogP contribution < -0.4 is 24.7 Å². The Morgan fingerprint density at radius 1 is 0.887 bits per heavy atom. The average molecular weight is 981 g/mol. The molecule has 4 aliphatic heterocycles. The van der Waals surface area contributed by atoms with Gasteiger partial charge in [-0.3, -0.25) is 14.8 Å². The van der Waals surface area contributed by atoms with Crippen molar-refractivity contribution in [3.05, 3.63) is 109 Å². The van der Waals surface area contributed by atoms with Crippen LogP contribution in [0.25, 0.3) is 32.9 Å². The molecule has 4 aromatic carbocycles. The minimum atomic E-state index is -3.17. The number of ether oxygens (including phenoxy) is 4. The predicted molar refractivity (Wildman–Crippen MR) is 280 cm³/mol. The molecule has 2 aromatic heterocycles. The third kappa shape index (κ3) is 9.14. The van der Waals surface area contributed by atoms with Gasteiger partial charge in [-0.15, -0.1) is 0 Å².